The monoisotopic (exact) mass is 521 g/mol. The van der Waals surface area contributed by atoms with Gasteiger partial charge in [-0.25, -0.2) is 14.0 Å². The normalized spacial score (nSPS) is 27.1. The maximum atomic E-state index is 14.3. The molecule has 36 heavy (non-hydrogen) atoms. The molecular formula is C26H37FN3O5P. The lowest BCUT2D eigenvalue weighted by molar-refractivity contribution is 0.0639. The minimum atomic E-state index is -0.496. The molecular weight excluding hydrogens is 484 g/mol. The molecule has 8 nitrogen and oxygen atoms in total. The van der Waals surface area contributed by atoms with Gasteiger partial charge in [0.2, 0.25) is 0 Å². The third-order valence-electron chi connectivity index (χ3n) is 8.67. The van der Waals surface area contributed by atoms with Crippen LogP contribution in [0.2, 0.25) is 0 Å². The van der Waals surface area contributed by atoms with E-state index in [2.05, 4.69) is 14.1 Å². The zero-order valence-electron chi connectivity index (χ0n) is 20.7. The number of hydrogen-bond donors (Lipinski definition) is 1. The lowest BCUT2D eigenvalue weighted by Crippen LogP contribution is -2.49. The van der Waals surface area contributed by atoms with Crippen molar-refractivity contribution in [3.05, 3.63) is 29.6 Å². The summed E-state index contributed by atoms with van der Waals surface area (Å²) in [5, 5.41) is 9.05. The van der Waals surface area contributed by atoms with Gasteiger partial charge < -0.3 is 24.4 Å². The fourth-order valence-corrected chi connectivity index (χ4v) is 7.09. The Kier molecular flexibility index (Phi) is 7.70. The molecule has 10 heteroatoms. The van der Waals surface area contributed by atoms with Crippen molar-refractivity contribution in [2.75, 3.05) is 57.1 Å². The highest BCUT2D eigenvalue weighted by molar-refractivity contribution is 7.16. The zero-order valence-corrected chi connectivity index (χ0v) is 21.9. The first-order valence-corrected chi connectivity index (χ1v) is 14.0. The summed E-state index contributed by atoms with van der Waals surface area (Å²) in [4.78, 5) is 31.4. The third kappa shape index (κ3) is 4.82. The number of carbonyl (C=O) groups is 2. The van der Waals surface area contributed by atoms with Gasteiger partial charge in [0.1, 0.15) is 12.4 Å². The highest BCUT2D eigenvalue weighted by atomic mass is 31.0. The number of rotatable bonds is 5. The minimum absolute atomic E-state index is 0.0569. The second-order valence-electron chi connectivity index (χ2n) is 10.6. The number of nitrogens with zero attached hydrogens (tertiary/aromatic N) is 3. The molecule has 4 unspecified atom stereocenters. The first-order valence-electron chi connectivity index (χ1n) is 13.2. The topological polar surface area (TPSA) is 82.6 Å². The van der Waals surface area contributed by atoms with Crippen molar-refractivity contribution in [1.29, 1.82) is 0 Å². The van der Waals surface area contributed by atoms with Crippen LogP contribution in [-0.2, 0) is 14.9 Å². The number of anilines is 1. The number of piperidine rings is 2. The van der Waals surface area contributed by atoms with Gasteiger partial charge in [-0.05, 0) is 87.5 Å². The van der Waals surface area contributed by atoms with Crippen LogP contribution in [0, 0.1) is 11.7 Å². The van der Waals surface area contributed by atoms with Crippen LogP contribution in [0.3, 0.4) is 0 Å². The van der Waals surface area contributed by atoms with Gasteiger partial charge in [0.25, 0.3) is 0 Å². The third-order valence-corrected chi connectivity index (χ3v) is 8.91. The van der Waals surface area contributed by atoms with Crippen molar-refractivity contribution in [3.63, 3.8) is 0 Å². The molecule has 4 atom stereocenters. The van der Waals surface area contributed by atoms with E-state index in [9.17, 15) is 14.0 Å². The molecule has 1 spiro atoms. The summed E-state index contributed by atoms with van der Waals surface area (Å²) in [6.07, 6.45) is 5.98. The lowest BCUT2D eigenvalue weighted by Gasteiger charge is -2.42. The Bertz CT molecular complexity index is 973. The van der Waals surface area contributed by atoms with Gasteiger partial charge >= 0.3 is 12.2 Å². The van der Waals surface area contributed by atoms with Crippen LogP contribution < -0.4 is 4.90 Å². The Morgan fingerprint density at radius 1 is 1.11 bits per heavy atom. The summed E-state index contributed by atoms with van der Waals surface area (Å²) >= 11 is 0. The standard InChI is InChI=1S/C26H37FN3O5P/c27-19-3-4-22-21(15-19)26(17-30(22)25(33)34-11-10-31)5-8-28(9-6-26)20-14-18-2-1-7-29(23(18)16-20)24(32)35-12-13-36/h3-4,15,18,20,23,31H,1-2,5-14,16-17,36H2. The first-order chi connectivity index (χ1) is 17.5. The number of halogens is 1. The second kappa shape index (κ2) is 10.8. The predicted octanol–water partition coefficient (Wildman–Crippen LogP) is 3.36. The van der Waals surface area contributed by atoms with Gasteiger partial charge in [-0.3, -0.25) is 4.90 Å². The molecule has 198 valence electrons. The second-order valence-corrected chi connectivity index (χ2v) is 11.2. The van der Waals surface area contributed by atoms with Crippen molar-refractivity contribution >= 4 is 27.1 Å². The van der Waals surface area contributed by atoms with Crippen molar-refractivity contribution in [1.82, 2.24) is 9.80 Å². The van der Waals surface area contributed by atoms with Gasteiger partial charge in [-0.15, -0.1) is 9.24 Å². The number of aliphatic hydroxyl groups excluding tert-OH is 1. The van der Waals surface area contributed by atoms with Crippen LogP contribution in [0.4, 0.5) is 19.7 Å². The minimum Gasteiger partial charge on any atom is -0.449 e. The van der Waals surface area contributed by atoms with E-state index in [4.69, 9.17) is 14.6 Å². The van der Waals surface area contributed by atoms with Gasteiger partial charge in [0.15, 0.2) is 0 Å². The highest BCUT2D eigenvalue weighted by Gasteiger charge is 2.50. The highest BCUT2D eigenvalue weighted by Crippen LogP contribution is 2.49. The van der Waals surface area contributed by atoms with Crippen LogP contribution >= 0.6 is 9.24 Å². The van der Waals surface area contributed by atoms with E-state index in [1.54, 1.807) is 17.0 Å². The van der Waals surface area contributed by atoms with E-state index < -0.39 is 6.09 Å². The molecule has 5 rings (SSSR count). The molecule has 3 heterocycles. The molecule has 1 saturated carbocycles. The van der Waals surface area contributed by atoms with Crippen LogP contribution in [0.1, 0.15) is 44.1 Å². The zero-order chi connectivity index (χ0) is 25.3. The molecule has 2 saturated heterocycles. The summed E-state index contributed by atoms with van der Waals surface area (Å²) in [5.41, 5.74) is 1.29. The molecule has 2 amide bonds. The quantitative estimate of drug-likeness (QED) is 0.599. The molecule has 1 N–H and O–H groups in total. The maximum absolute atomic E-state index is 14.3. The number of ether oxygens (including phenoxy) is 2. The number of likely N-dealkylation sites (tertiary alicyclic amines) is 2. The first kappa shape index (κ1) is 25.7. The Hall–Kier alpha value is -1.96. The summed E-state index contributed by atoms with van der Waals surface area (Å²) in [6.45, 7) is 3.13. The largest absolute Gasteiger partial charge is 0.449 e. The van der Waals surface area contributed by atoms with E-state index in [0.29, 0.717) is 30.8 Å². The molecule has 1 aromatic rings. The summed E-state index contributed by atoms with van der Waals surface area (Å²) < 4.78 is 24.9. The van der Waals surface area contributed by atoms with Gasteiger partial charge in [0.05, 0.1) is 18.9 Å². The number of amides is 2. The summed E-state index contributed by atoms with van der Waals surface area (Å²) in [6, 6.07) is 5.29. The molecule has 3 aliphatic heterocycles. The molecule has 4 aliphatic rings. The SMILES string of the molecule is O=C(OCCO)N1CC2(CCN(C3CC4CCCN(C(=O)OCCP)C4C3)CC2)c2cc(F)ccc21. The Morgan fingerprint density at radius 3 is 2.64 bits per heavy atom. The number of aliphatic hydroxyl groups is 1. The van der Waals surface area contributed by atoms with Gasteiger partial charge in [0, 0.05) is 30.6 Å². The van der Waals surface area contributed by atoms with Crippen LogP contribution in [0.5, 0.6) is 0 Å². The van der Waals surface area contributed by atoms with Crippen molar-refractivity contribution in [2.24, 2.45) is 5.92 Å². The molecule has 1 aromatic carbocycles. The van der Waals surface area contributed by atoms with Crippen LogP contribution in [-0.4, -0.2) is 91.3 Å². The van der Waals surface area contributed by atoms with E-state index in [0.717, 1.165) is 69.9 Å². The number of carbonyl (C=O) groups excluding carboxylic acids is 2. The fraction of sp³-hybridized carbons (Fsp3) is 0.692. The summed E-state index contributed by atoms with van der Waals surface area (Å²) in [7, 11) is 2.59. The predicted molar refractivity (Wildman–Crippen MR) is 137 cm³/mol. The average Bonchev–Trinajstić information content (AvgIpc) is 3.46. The van der Waals surface area contributed by atoms with Crippen molar-refractivity contribution < 1.29 is 28.6 Å². The molecule has 0 bridgehead atoms. The van der Waals surface area contributed by atoms with E-state index in [1.165, 1.54) is 6.07 Å². The smallest absolute Gasteiger partial charge is 0.414 e. The van der Waals surface area contributed by atoms with E-state index in [-0.39, 0.29) is 36.6 Å². The molecule has 3 fully saturated rings. The molecule has 1 aliphatic carbocycles. The Balaban J connectivity index is 1.26. The Morgan fingerprint density at radius 2 is 1.89 bits per heavy atom. The maximum Gasteiger partial charge on any atom is 0.414 e. The number of benzene rings is 1. The lowest BCUT2D eigenvalue weighted by atomic mass is 9.74. The average molecular weight is 522 g/mol. The van der Waals surface area contributed by atoms with Crippen LogP contribution in [0.25, 0.3) is 0 Å². The Labute approximate surface area is 214 Å². The van der Waals surface area contributed by atoms with Crippen molar-refractivity contribution in [3.8, 4) is 0 Å². The molecule has 0 radical (unpaired) electrons. The summed E-state index contributed by atoms with van der Waals surface area (Å²) in [5.74, 6) is 0.218. The molecule has 0 aromatic heterocycles. The fourth-order valence-electron chi connectivity index (χ4n) is 6.97. The van der Waals surface area contributed by atoms with Gasteiger partial charge in [-0.2, -0.15) is 0 Å². The van der Waals surface area contributed by atoms with Crippen molar-refractivity contribution in [2.45, 2.75) is 56.0 Å². The van der Waals surface area contributed by atoms with E-state index >= 15 is 0 Å². The van der Waals surface area contributed by atoms with E-state index in [1.807, 2.05) is 4.90 Å². The van der Waals surface area contributed by atoms with Crippen LogP contribution in [0.15, 0.2) is 18.2 Å². The number of hydrogen-bond acceptors (Lipinski definition) is 6. The number of fused-ring (bicyclic) bond motifs is 3. The van der Waals surface area contributed by atoms with Gasteiger partial charge in [-0.1, -0.05) is 0 Å².